The smallest absolute Gasteiger partial charge is 0.339 e. The molecule has 0 radical (unpaired) electrons. The standard InChI is InChI=1S/C27H30N2O3/c1-17-9-12-19(13-10-17)28-24(30)16-32-26(31)25-20-7-5-6-8-22(20)29-23-14-11-18(15-21(23)25)27(2,3)4/h5-10,12-13,18H,11,14-16H2,1-4H3,(H,28,30). The Morgan fingerprint density at radius 1 is 1.09 bits per heavy atom. The molecule has 166 valence electrons. The van der Waals surface area contributed by atoms with Gasteiger partial charge in [0.25, 0.3) is 5.91 Å². The van der Waals surface area contributed by atoms with Gasteiger partial charge in [-0.1, -0.05) is 56.7 Å². The van der Waals surface area contributed by atoms with E-state index in [1.54, 1.807) is 0 Å². The molecule has 2 aromatic carbocycles. The van der Waals surface area contributed by atoms with Crippen LogP contribution in [-0.4, -0.2) is 23.5 Å². The lowest BCUT2D eigenvalue weighted by atomic mass is 9.70. The zero-order valence-corrected chi connectivity index (χ0v) is 19.2. The molecule has 1 aliphatic rings. The average Bonchev–Trinajstić information content (AvgIpc) is 2.76. The third-order valence-electron chi connectivity index (χ3n) is 6.36. The molecule has 0 aliphatic heterocycles. The number of para-hydroxylation sites is 1. The third-order valence-corrected chi connectivity index (χ3v) is 6.36. The zero-order chi connectivity index (χ0) is 22.9. The molecule has 0 spiro atoms. The molecule has 5 heteroatoms. The van der Waals surface area contributed by atoms with Crippen LogP contribution < -0.4 is 5.32 Å². The van der Waals surface area contributed by atoms with Crippen LogP contribution in [0.15, 0.2) is 48.5 Å². The molecule has 1 aromatic heterocycles. The number of esters is 1. The fourth-order valence-corrected chi connectivity index (χ4v) is 4.40. The largest absolute Gasteiger partial charge is 0.452 e. The summed E-state index contributed by atoms with van der Waals surface area (Å²) in [6.07, 6.45) is 2.68. The van der Waals surface area contributed by atoms with Crippen molar-refractivity contribution in [2.24, 2.45) is 11.3 Å². The number of carbonyl (C=O) groups excluding carboxylic acids is 2. The molecule has 0 bridgehead atoms. The summed E-state index contributed by atoms with van der Waals surface area (Å²) >= 11 is 0. The van der Waals surface area contributed by atoms with E-state index >= 15 is 0 Å². The fraction of sp³-hybridized carbons (Fsp3) is 0.370. The monoisotopic (exact) mass is 430 g/mol. The number of anilines is 1. The first-order valence-electron chi connectivity index (χ1n) is 11.2. The van der Waals surface area contributed by atoms with Gasteiger partial charge in [-0.05, 0) is 61.3 Å². The van der Waals surface area contributed by atoms with Crippen molar-refractivity contribution >= 4 is 28.5 Å². The first-order chi connectivity index (χ1) is 15.2. The van der Waals surface area contributed by atoms with E-state index in [9.17, 15) is 9.59 Å². The summed E-state index contributed by atoms with van der Waals surface area (Å²) in [6, 6.07) is 15.2. The van der Waals surface area contributed by atoms with Gasteiger partial charge in [0.1, 0.15) is 0 Å². The number of nitrogens with zero attached hydrogens (tertiary/aromatic N) is 1. The number of benzene rings is 2. The molecule has 1 unspecified atom stereocenters. The predicted octanol–water partition coefficient (Wildman–Crippen LogP) is 5.49. The molecule has 0 fully saturated rings. The molecule has 1 N–H and O–H groups in total. The van der Waals surface area contributed by atoms with Gasteiger partial charge in [-0.25, -0.2) is 4.79 Å². The minimum absolute atomic E-state index is 0.137. The fourth-order valence-electron chi connectivity index (χ4n) is 4.40. The number of nitrogens with one attached hydrogen (secondary N) is 1. The molecule has 1 aliphatic carbocycles. The van der Waals surface area contributed by atoms with Crippen LogP contribution in [-0.2, 0) is 22.4 Å². The minimum atomic E-state index is -0.464. The van der Waals surface area contributed by atoms with Gasteiger partial charge in [0.2, 0.25) is 0 Å². The lowest BCUT2D eigenvalue weighted by molar-refractivity contribution is -0.119. The molecule has 1 amide bonds. The Bertz CT molecular complexity index is 1160. The number of aromatic nitrogens is 1. The van der Waals surface area contributed by atoms with Crippen LogP contribution in [0.25, 0.3) is 10.9 Å². The molecule has 1 heterocycles. The van der Waals surface area contributed by atoms with E-state index in [0.717, 1.165) is 47.0 Å². The van der Waals surface area contributed by atoms with Crippen LogP contribution in [0.2, 0.25) is 0 Å². The Morgan fingerprint density at radius 3 is 2.53 bits per heavy atom. The first kappa shape index (κ1) is 22.0. The maximum Gasteiger partial charge on any atom is 0.339 e. The Labute approximate surface area is 189 Å². The molecule has 3 aromatic rings. The molecular weight excluding hydrogens is 400 g/mol. The van der Waals surface area contributed by atoms with Gasteiger partial charge in [-0.3, -0.25) is 9.78 Å². The second-order valence-corrected chi connectivity index (χ2v) is 9.73. The minimum Gasteiger partial charge on any atom is -0.452 e. The number of hydrogen-bond acceptors (Lipinski definition) is 4. The van der Waals surface area contributed by atoms with E-state index in [1.165, 1.54) is 0 Å². The quantitative estimate of drug-likeness (QED) is 0.556. The molecule has 1 atom stereocenters. The highest BCUT2D eigenvalue weighted by atomic mass is 16.5. The number of pyridine rings is 1. The third kappa shape index (κ3) is 4.67. The summed E-state index contributed by atoms with van der Waals surface area (Å²) < 4.78 is 5.50. The molecule has 0 saturated heterocycles. The van der Waals surface area contributed by atoms with Crippen LogP contribution in [0.4, 0.5) is 5.69 Å². The Hall–Kier alpha value is -3.21. The van der Waals surface area contributed by atoms with E-state index in [2.05, 4.69) is 26.1 Å². The van der Waals surface area contributed by atoms with Gasteiger partial charge in [0.15, 0.2) is 6.61 Å². The van der Waals surface area contributed by atoms with E-state index in [1.807, 2.05) is 55.5 Å². The zero-order valence-electron chi connectivity index (χ0n) is 19.2. The number of fused-ring (bicyclic) bond motifs is 2. The van der Waals surface area contributed by atoms with Crippen LogP contribution in [0.1, 0.15) is 54.4 Å². The van der Waals surface area contributed by atoms with Crippen molar-refractivity contribution in [2.75, 3.05) is 11.9 Å². The van der Waals surface area contributed by atoms with Crippen molar-refractivity contribution in [3.05, 3.63) is 70.9 Å². The van der Waals surface area contributed by atoms with Crippen molar-refractivity contribution in [3.8, 4) is 0 Å². The summed E-state index contributed by atoms with van der Waals surface area (Å²) in [5.41, 5.74) is 5.21. The topological polar surface area (TPSA) is 68.3 Å². The molecule has 32 heavy (non-hydrogen) atoms. The maximum absolute atomic E-state index is 13.3. The van der Waals surface area contributed by atoms with Crippen molar-refractivity contribution in [2.45, 2.75) is 47.0 Å². The van der Waals surface area contributed by atoms with Crippen molar-refractivity contribution in [3.63, 3.8) is 0 Å². The summed E-state index contributed by atoms with van der Waals surface area (Å²) in [7, 11) is 0. The predicted molar refractivity (Wildman–Crippen MR) is 127 cm³/mol. The number of carbonyl (C=O) groups is 2. The number of amides is 1. The van der Waals surface area contributed by atoms with E-state index in [4.69, 9.17) is 9.72 Å². The summed E-state index contributed by atoms with van der Waals surface area (Å²) in [4.78, 5) is 30.5. The molecule has 0 saturated carbocycles. The number of rotatable bonds is 4. The van der Waals surface area contributed by atoms with Crippen LogP contribution >= 0.6 is 0 Å². The number of ether oxygens (including phenoxy) is 1. The summed E-state index contributed by atoms with van der Waals surface area (Å²) in [5.74, 6) is -0.371. The van der Waals surface area contributed by atoms with Crippen LogP contribution in [0, 0.1) is 18.3 Å². The summed E-state index contributed by atoms with van der Waals surface area (Å²) in [6.45, 7) is 8.37. The Morgan fingerprint density at radius 2 is 1.81 bits per heavy atom. The highest BCUT2D eigenvalue weighted by molar-refractivity contribution is 6.06. The van der Waals surface area contributed by atoms with Gasteiger partial charge in [0.05, 0.1) is 11.1 Å². The molecule has 4 rings (SSSR count). The average molecular weight is 431 g/mol. The second kappa shape index (κ2) is 8.73. The van der Waals surface area contributed by atoms with Crippen molar-refractivity contribution in [1.29, 1.82) is 0 Å². The first-order valence-corrected chi connectivity index (χ1v) is 11.2. The van der Waals surface area contributed by atoms with Crippen molar-refractivity contribution < 1.29 is 14.3 Å². The lowest BCUT2D eigenvalue weighted by Crippen LogP contribution is -2.29. The van der Waals surface area contributed by atoms with Gasteiger partial charge < -0.3 is 10.1 Å². The van der Waals surface area contributed by atoms with Crippen LogP contribution in [0.5, 0.6) is 0 Å². The van der Waals surface area contributed by atoms with Gasteiger partial charge in [-0.2, -0.15) is 0 Å². The number of hydrogen-bond donors (Lipinski definition) is 1. The summed E-state index contributed by atoms with van der Waals surface area (Å²) in [5, 5.41) is 3.56. The van der Waals surface area contributed by atoms with Crippen molar-refractivity contribution in [1.82, 2.24) is 4.98 Å². The van der Waals surface area contributed by atoms with E-state index < -0.39 is 5.97 Å². The number of aryl methyl sites for hydroxylation is 2. The van der Waals surface area contributed by atoms with Crippen LogP contribution in [0.3, 0.4) is 0 Å². The highest BCUT2D eigenvalue weighted by Crippen LogP contribution is 2.39. The molecular formula is C27H30N2O3. The normalized spacial score (nSPS) is 15.8. The van der Waals surface area contributed by atoms with E-state index in [0.29, 0.717) is 17.2 Å². The Balaban J connectivity index is 1.59. The van der Waals surface area contributed by atoms with Gasteiger partial charge >= 0.3 is 5.97 Å². The second-order valence-electron chi connectivity index (χ2n) is 9.73. The SMILES string of the molecule is Cc1ccc(NC(=O)COC(=O)c2c3c(nc4ccccc24)CCC(C(C)(C)C)C3)cc1. The Kier molecular flexibility index (Phi) is 6.00. The molecule has 5 nitrogen and oxygen atoms in total. The lowest BCUT2D eigenvalue weighted by Gasteiger charge is -2.35. The van der Waals surface area contributed by atoms with Gasteiger partial charge in [0, 0.05) is 16.8 Å². The van der Waals surface area contributed by atoms with Gasteiger partial charge in [-0.15, -0.1) is 0 Å². The highest BCUT2D eigenvalue weighted by Gasteiger charge is 2.33. The van der Waals surface area contributed by atoms with E-state index in [-0.39, 0.29) is 17.9 Å². The maximum atomic E-state index is 13.3.